The number of rotatable bonds is 2. The van der Waals surface area contributed by atoms with E-state index in [0.29, 0.717) is 11.8 Å². The highest BCUT2D eigenvalue weighted by atomic mass is 16.2. The zero-order chi connectivity index (χ0) is 15.9. The fourth-order valence-corrected chi connectivity index (χ4v) is 4.71. The van der Waals surface area contributed by atoms with Crippen molar-refractivity contribution in [2.45, 2.75) is 18.3 Å². The molecule has 2 atom stereocenters. The molecule has 1 aliphatic heterocycles. The van der Waals surface area contributed by atoms with Crippen molar-refractivity contribution >= 4 is 6.03 Å². The van der Waals surface area contributed by atoms with Crippen molar-refractivity contribution in [2.24, 2.45) is 17.6 Å². The molecule has 3 nitrogen and oxygen atoms in total. The highest BCUT2D eigenvalue weighted by molar-refractivity contribution is 5.72. The van der Waals surface area contributed by atoms with E-state index in [0.717, 1.165) is 25.9 Å². The van der Waals surface area contributed by atoms with Crippen LogP contribution in [0.1, 0.15) is 24.0 Å². The molecule has 1 aliphatic carbocycles. The first kappa shape index (κ1) is 14.3. The number of hydrogen-bond donors (Lipinski definition) is 1. The summed E-state index contributed by atoms with van der Waals surface area (Å²) in [4.78, 5) is 13.3. The number of urea groups is 1. The van der Waals surface area contributed by atoms with E-state index in [4.69, 9.17) is 5.73 Å². The zero-order valence-electron chi connectivity index (χ0n) is 13.2. The lowest BCUT2D eigenvalue weighted by molar-refractivity contribution is 0.213. The maximum atomic E-state index is 11.5. The Hall–Kier alpha value is -2.29. The second-order valence-corrected chi connectivity index (χ2v) is 6.99. The molecule has 2 aliphatic rings. The van der Waals surface area contributed by atoms with Gasteiger partial charge in [0, 0.05) is 18.5 Å². The summed E-state index contributed by atoms with van der Waals surface area (Å²) in [5, 5.41) is 0. The van der Waals surface area contributed by atoms with Gasteiger partial charge in [0.1, 0.15) is 0 Å². The van der Waals surface area contributed by atoms with Crippen LogP contribution in [-0.4, -0.2) is 24.0 Å². The van der Waals surface area contributed by atoms with Crippen LogP contribution in [0, 0.1) is 11.8 Å². The molecular formula is C20H22N2O. The number of benzene rings is 2. The summed E-state index contributed by atoms with van der Waals surface area (Å²) in [6.07, 6.45) is 2.19. The Morgan fingerprint density at radius 1 is 0.870 bits per heavy atom. The Labute approximate surface area is 137 Å². The largest absolute Gasteiger partial charge is 0.351 e. The first-order valence-corrected chi connectivity index (χ1v) is 8.34. The zero-order valence-corrected chi connectivity index (χ0v) is 13.2. The van der Waals surface area contributed by atoms with Gasteiger partial charge in [0.15, 0.2) is 0 Å². The number of fused-ring (bicyclic) bond motifs is 1. The molecule has 2 N–H and O–H groups in total. The summed E-state index contributed by atoms with van der Waals surface area (Å²) in [5.74, 6) is 1.09. The standard InChI is InChI=1S/C20H22N2O/c21-19(23)22-13-15-11-20(12-16(15)14-22,17-7-3-1-4-8-17)18-9-5-2-6-10-18/h1-10,15-16H,11-14H2,(H2,21,23). The number of nitrogens with zero attached hydrogens (tertiary/aromatic N) is 1. The van der Waals surface area contributed by atoms with Gasteiger partial charge in [-0.1, -0.05) is 60.7 Å². The smallest absolute Gasteiger partial charge is 0.314 e. The normalized spacial score (nSPS) is 25.3. The fraction of sp³-hybridized carbons (Fsp3) is 0.350. The van der Waals surface area contributed by atoms with Crippen molar-refractivity contribution in [3.63, 3.8) is 0 Å². The van der Waals surface area contributed by atoms with Gasteiger partial charge in [-0.05, 0) is 35.8 Å². The highest BCUT2D eigenvalue weighted by Gasteiger charge is 2.51. The summed E-state index contributed by atoms with van der Waals surface area (Å²) in [6.45, 7) is 1.61. The van der Waals surface area contributed by atoms with Crippen LogP contribution < -0.4 is 5.73 Å². The first-order valence-electron chi connectivity index (χ1n) is 8.34. The first-order chi connectivity index (χ1) is 11.2. The van der Waals surface area contributed by atoms with Crippen LogP contribution in [0.2, 0.25) is 0 Å². The molecule has 0 aromatic heterocycles. The highest BCUT2D eigenvalue weighted by Crippen LogP contribution is 2.53. The lowest BCUT2D eigenvalue weighted by Gasteiger charge is -2.32. The quantitative estimate of drug-likeness (QED) is 0.908. The Morgan fingerprint density at radius 3 is 1.70 bits per heavy atom. The van der Waals surface area contributed by atoms with Gasteiger partial charge in [0.05, 0.1) is 0 Å². The lowest BCUT2D eigenvalue weighted by Crippen LogP contribution is -2.36. The van der Waals surface area contributed by atoms with E-state index in [1.54, 1.807) is 0 Å². The van der Waals surface area contributed by atoms with Crippen molar-refractivity contribution in [3.05, 3.63) is 71.8 Å². The number of primary amides is 1. The Balaban J connectivity index is 1.72. The van der Waals surface area contributed by atoms with Gasteiger partial charge in [-0.3, -0.25) is 0 Å². The summed E-state index contributed by atoms with van der Waals surface area (Å²) < 4.78 is 0. The van der Waals surface area contributed by atoms with Crippen LogP contribution in [0.5, 0.6) is 0 Å². The summed E-state index contributed by atoms with van der Waals surface area (Å²) in [6, 6.07) is 21.4. The molecule has 1 saturated carbocycles. The second-order valence-electron chi connectivity index (χ2n) is 6.99. The van der Waals surface area contributed by atoms with E-state index < -0.39 is 0 Å². The SMILES string of the molecule is NC(=O)N1CC2CC(c3ccccc3)(c3ccccc3)CC2C1. The van der Waals surface area contributed by atoms with E-state index in [1.807, 2.05) is 4.90 Å². The van der Waals surface area contributed by atoms with Crippen LogP contribution in [-0.2, 0) is 5.41 Å². The maximum absolute atomic E-state index is 11.5. The third kappa shape index (κ3) is 2.31. The molecule has 118 valence electrons. The van der Waals surface area contributed by atoms with E-state index in [1.165, 1.54) is 11.1 Å². The predicted octanol–water partition coefficient (Wildman–Crippen LogP) is 3.39. The number of carbonyl (C=O) groups is 1. The van der Waals surface area contributed by atoms with Crippen molar-refractivity contribution < 1.29 is 4.79 Å². The molecule has 4 rings (SSSR count). The van der Waals surface area contributed by atoms with Crippen LogP contribution in [0.15, 0.2) is 60.7 Å². The average Bonchev–Trinajstić information content (AvgIpc) is 3.13. The molecule has 3 heteroatoms. The minimum Gasteiger partial charge on any atom is -0.351 e. The Morgan fingerprint density at radius 2 is 1.30 bits per heavy atom. The molecule has 2 amide bonds. The van der Waals surface area contributed by atoms with E-state index in [-0.39, 0.29) is 11.4 Å². The fourth-order valence-electron chi connectivity index (χ4n) is 4.71. The molecular weight excluding hydrogens is 284 g/mol. The van der Waals surface area contributed by atoms with Crippen LogP contribution in [0.4, 0.5) is 4.79 Å². The van der Waals surface area contributed by atoms with E-state index >= 15 is 0 Å². The molecule has 0 radical (unpaired) electrons. The van der Waals surface area contributed by atoms with E-state index in [2.05, 4.69) is 60.7 Å². The van der Waals surface area contributed by atoms with Gasteiger partial charge in [-0.25, -0.2) is 4.79 Å². The van der Waals surface area contributed by atoms with Crippen LogP contribution in [0.3, 0.4) is 0 Å². The Kier molecular flexibility index (Phi) is 3.37. The van der Waals surface area contributed by atoms with Crippen molar-refractivity contribution in [1.82, 2.24) is 4.90 Å². The number of nitrogens with two attached hydrogens (primary N) is 1. The van der Waals surface area contributed by atoms with Crippen molar-refractivity contribution in [1.29, 1.82) is 0 Å². The molecule has 2 fully saturated rings. The van der Waals surface area contributed by atoms with Crippen molar-refractivity contribution in [3.8, 4) is 0 Å². The van der Waals surface area contributed by atoms with Crippen LogP contribution in [0.25, 0.3) is 0 Å². The van der Waals surface area contributed by atoms with Gasteiger partial charge >= 0.3 is 6.03 Å². The number of likely N-dealkylation sites (tertiary alicyclic amines) is 1. The number of amides is 2. The lowest BCUT2D eigenvalue weighted by atomic mass is 9.72. The van der Waals surface area contributed by atoms with Gasteiger partial charge in [0.2, 0.25) is 0 Å². The minimum absolute atomic E-state index is 0.0710. The third-order valence-electron chi connectivity index (χ3n) is 5.76. The van der Waals surface area contributed by atoms with Gasteiger partial charge in [-0.15, -0.1) is 0 Å². The number of carbonyl (C=O) groups excluding carboxylic acids is 1. The maximum Gasteiger partial charge on any atom is 0.314 e. The molecule has 2 aromatic carbocycles. The summed E-state index contributed by atoms with van der Waals surface area (Å²) in [7, 11) is 0. The molecule has 23 heavy (non-hydrogen) atoms. The molecule has 0 bridgehead atoms. The molecule has 1 saturated heterocycles. The monoisotopic (exact) mass is 306 g/mol. The molecule has 2 unspecified atom stereocenters. The molecule has 2 aromatic rings. The average molecular weight is 306 g/mol. The topological polar surface area (TPSA) is 46.3 Å². The van der Waals surface area contributed by atoms with Gasteiger partial charge < -0.3 is 10.6 Å². The third-order valence-corrected chi connectivity index (χ3v) is 5.76. The second kappa shape index (κ2) is 5.41. The van der Waals surface area contributed by atoms with Crippen molar-refractivity contribution in [2.75, 3.05) is 13.1 Å². The summed E-state index contributed by atoms with van der Waals surface area (Å²) in [5.41, 5.74) is 8.34. The molecule has 0 spiro atoms. The van der Waals surface area contributed by atoms with Gasteiger partial charge in [-0.2, -0.15) is 0 Å². The minimum atomic E-state index is -0.274. The van der Waals surface area contributed by atoms with E-state index in [9.17, 15) is 4.79 Å². The Bertz CT molecular complexity index is 643. The predicted molar refractivity (Wildman–Crippen MR) is 91.0 cm³/mol. The molecule has 1 heterocycles. The summed E-state index contributed by atoms with van der Waals surface area (Å²) >= 11 is 0. The number of hydrogen-bond acceptors (Lipinski definition) is 1. The van der Waals surface area contributed by atoms with Gasteiger partial charge in [0.25, 0.3) is 0 Å². The van der Waals surface area contributed by atoms with Crippen LogP contribution >= 0.6 is 0 Å².